The van der Waals surface area contributed by atoms with Crippen molar-refractivity contribution in [1.82, 2.24) is 10.2 Å². The highest BCUT2D eigenvalue weighted by Crippen LogP contribution is 2.24. The SMILES string of the molecule is Cc1cccc2c1CC(CNC(=O)CCc1ccccc1)N(C)C2. The first-order valence-electron chi connectivity index (χ1n) is 8.71. The van der Waals surface area contributed by atoms with Crippen molar-refractivity contribution in [3.63, 3.8) is 0 Å². The summed E-state index contributed by atoms with van der Waals surface area (Å²) in [5, 5.41) is 3.12. The quantitative estimate of drug-likeness (QED) is 0.917. The van der Waals surface area contributed by atoms with Gasteiger partial charge in [0.2, 0.25) is 5.91 Å². The van der Waals surface area contributed by atoms with Crippen LogP contribution in [0.2, 0.25) is 0 Å². The fourth-order valence-corrected chi connectivity index (χ4v) is 3.44. The van der Waals surface area contributed by atoms with Crippen molar-refractivity contribution in [3.8, 4) is 0 Å². The summed E-state index contributed by atoms with van der Waals surface area (Å²) < 4.78 is 0. The van der Waals surface area contributed by atoms with E-state index < -0.39 is 0 Å². The molecule has 0 radical (unpaired) electrons. The molecule has 0 aliphatic carbocycles. The van der Waals surface area contributed by atoms with Crippen LogP contribution in [0.25, 0.3) is 0 Å². The third-order valence-electron chi connectivity index (χ3n) is 5.01. The third-order valence-corrected chi connectivity index (χ3v) is 5.01. The van der Waals surface area contributed by atoms with Crippen LogP contribution in [0.3, 0.4) is 0 Å². The summed E-state index contributed by atoms with van der Waals surface area (Å²) in [6.45, 7) is 3.86. The van der Waals surface area contributed by atoms with Crippen molar-refractivity contribution in [2.24, 2.45) is 0 Å². The lowest BCUT2D eigenvalue weighted by Gasteiger charge is -2.35. The molecule has 1 amide bonds. The molecule has 3 nitrogen and oxygen atoms in total. The van der Waals surface area contributed by atoms with Crippen LogP contribution in [-0.2, 0) is 24.2 Å². The van der Waals surface area contributed by atoms with E-state index in [1.54, 1.807) is 0 Å². The van der Waals surface area contributed by atoms with Crippen LogP contribution in [0, 0.1) is 6.92 Å². The van der Waals surface area contributed by atoms with E-state index >= 15 is 0 Å². The minimum Gasteiger partial charge on any atom is -0.355 e. The van der Waals surface area contributed by atoms with Gasteiger partial charge in [0.1, 0.15) is 0 Å². The van der Waals surface area contributed by atoms with Crippen molar-refractivity contribution in [2.75, 3.05) is 13.6 Å². The fraction of sp³-hybridized carbons (Fsp3) is 0.381. The predicted molar refractivity (Wildman–Crippen MR) is 97.9 cm³/mol. The molecular formula is C21H26N2O. The number of likely N-dealkylation sites (N-methyl/N-ethyl adjacent to an activating group) is 1. The topological polar surface area (TPSA) is 32.3 Å². The Hall–Kier alpha value is -2.13. The molecule has 126 valence electrons. The molecule has 2 aromatic rings. The number of carbonyl (C=O) groups excluding carboxylic acids is 1. The zero-order valence-corrected chi connectivity index (χ0v) is 14.6. The zero-order valence-electron chi connectivity index (χ0n) is 14.6. The van der Waals surface area contributed by atoms with E-state index in [1.807, 2.05) is 18.2 Å². The highest BCUT2D eigenvalue weighted by molar-refractivity contribution is 5.76. The number of nitrogens with zero attached hydrogens (tertiary/aromatic N) is 1. The maximum Gasteiger partial charge on any atom is 0.220 e. The Morgan fingerprint density at radius 1 is 1.17 bits per heavy atom. The van der Waals surface area contributed by atoms with Gasteiger partial charge in [-0.05, 0) is 49.1 Å². The number of nitrogens with one attached hydrogen (secondary N) is 1. The molecular weight excluding hydrogens is 296 g/mol. The summed E-state index contributed by atoms with van der Waals surface area (Å²) in [6, 6.07) is 17.1. The molecule has 1 aliphatic heterocycles. The van der Waals surface area contributed by atoms with E-state index in [-0.39, 0.29) is 5.91 Å². The lowest BCUT2D eigenvalue weighted by molar-refractivity contribution is -0.121. The summed E-state index contributed by atoms with van der Waals surface area (Å²) in [5.41, 5.74) is 5.45. The first-order chi connectivity index (χ1) is 11.6. The summed E-state index contributed by atoms with van der Waals surface area (Å²) in [5.74, 6) is 0.142. The van der Waals surface area contributed by atoms with Crippen LogP contribution in [0.4, 0.5) is 0 Å². The second-order valence-electron chi connectivity index (χ2n) is 6.78. The van der Waals surface area contributed by atoms with E-state index in [4.69, 9.17) is 0 Å². The maximum absolute atomic E-state index is 12.1. The Kier molecular flexibility index (Phi) is 5.31. The minimum absolute atomic E-state index is 0.142. The van der Waals surface area contributed by atoms with Crippen molar-refractivity contribution in [2.45, 2.75) is 38.8 Å². The highest BCUT2D eigenvalue weighted by Gasteiger charge is 2.24. The van der Waals surface area contributed by atoms with Gasteiger partial charge in [0.25, 0.3) is 0 Å². The second-order valence-corrected chi connectivity index (χ2v) is 6.78. The first-order valence-corrected chi connectivity index (χ1v) is 8.71. The molecule has 1 atom stereocenters. The van der Waals surface area contributed by atoms with Gasteiger partial charge in [0.05, 0.1) is 0 Å². The van der Waals surface area contributed by atoms with Gasteiger partial charge in [-0.2, -0.15) is 0 Å². The van der Waals surface area contributed by atoms with E-state index in [0.717, 1.165) is 25.9 Å². The Balaban J connectivity index is 1.51. The molecule has 1 aliphatic rings. The molecule has 1 N–H and O–H groups in total. The number of fused-ring (bicyclic) bond motifs is 1. The molecule has 3 rings (SSSR count). The van der Waals surface area contributed by atoms with Crippen LogP contribution in [0.5, 0.6) is 0 Å². The molecule has 0 fully saturated rings. The van der Waals surface area contributed by atoms with Crippen LogP contribution >= 0.6 is 0 Å². The van der Waals surface area contributed by atoms with E-state index in [2.05, 4.69) is 54.5 Å². The largest absolute Gasteiger partial charge is 0.355 e. The van der Waals surface area contributed by atoms with Crippen LogP contribution < -0.4 is 5.32 Å². The Morgan fingerprint density at radius 2 is 1.96 bits per heavy atom. The predicted octanol–water partition coefficient (Wildman–Crippen LogP) is 3.10. The number of hydrogen-bond acceptors (Lipinski definition) is 2. The molecule has 0 bridgehead atoms. The van der Waals surface area contributed by atoms with E-state index in [0.29, 0.717) is 12.5 Å². The van der Waals surface area contributed by atoms with Crippen molar-refractivity contribution >= 4 is 5.91 Å². The number of benzene rings is 2. The van der Waals surface area contributed by atoms with Gasteiger partial charge in [-0.1, -0.05) is 48.5 Å². The normalized spacial score (nSPS) is 17.3. The molecule has 0 saturated carbocycles. The molecule has 0 saturated heterocycles. The van der Waals surface area contributed by atoms with Gasteiger partial charge in [0.15, 0.2) is 0 Å². The molecule has 3 heteroatoms. The van der Waals surface area contributed by atoms with E-state index in [9.17, 15) is 4.79 Å². The first kappa shape index (κ1) is 16.7. The molecule has 24 heavy (non-hydrogen) atoms. The highest BCUT2D eigenvalue weighted by atomic mass is 16.1. The average Bonchev–Trinajstić information content (AvgIpc) is 2.59. The van der Waals surface area contributed by atoms with Gasteiger partial charge < -0.3 is 5.32 Å². The number of amides is 1. The minimum atomic E-state index is 0.142. The lowest BCUT2D eigenvalue weighted by atomic mass is 9.91. The fourth-order valence-electron chi connectivity index (χ4n) is 3.44. The molecule has 0 spiro atoms. The smallest absolute Gasteiger partial charge is 0.220 e. The average molecular weight is 322 g/mol. The van der Waals surface area contributed by atoms with Crippen molar-refractivity contribution in [3.05, 3.63) is 70.8 Å². The number of aryl methyl sites for hydroxylation is 2. The van der Waals surface area contributed by atoms with Crippen LogP contribution in [-0.4, -0.2) is 30.4 Å². The number of carbonyl (C=O) groups is 1. The van der Waals surface area contributed by atoms with Crippen molar-refractivity contribution in [1.29, 1.82) is 0 Å². The number of hydrogen-bond donors (Lipinski definition) is 1. The maximum atomic E-state index is 12.1. The second kappa shape index (κ2) is 7.63. The van der Waals surface area contributed by atoms with Gasteiger partial charge in [-0.3, -0.25) is 9.69 Å². The molecule has 2 aromatic carbocycles. The Morgan fingerprint density at radius 3 is 2.75 bits per heavy atom. The van der Waals surface area contributed by atoms with E-state index in [1.165, 1.54) is 22.3 Å². The molecule has 1 unspecified atom stereocenters. The third kappa shape index (κ3) is 4.04. The van der Waals surface area contributed by atoms with Gasteiger partial charge >= 0.3 is 0 Å². The zero-order chi connectivity index (χ0) is 16.9. The van der Waals surface area contributed by atoms with Gasteiger partial charge in [-0.25, -0.2) is 0 Å². The Labute approximate surface area is 144 Å². The van der Waals surface area contributed by atoms with Crippen LogP contribution in [0.1, 0.15) is 28.7 Å². The molecule has 0 aromatic heterocycles. The summed E-state index contributed by atoms with van der Waals surface area (Å²) in [7, 11) is 2.14. The Bertz CT molecular complexity index is 696. The summed E-state index contributed by atoms with van der Waals surface area (Å²) in [4.78, 5) is 14.5. The van der Waals surface area contributed by atoms with Crippen LogP contribution in [0.15, 0.2) is 48.5 Å². The standard InChI is InChI=1S/C21H26N2O/c1-16-7-6-10-18-15-23(2)19(13-20(16)18)14-22-21(24)12-11-17-8-4-3-5-9-17/h3-10,19H,11-15H2,1-2H3,(H,22,24). The molecule has 1 heterocycles. The number of rotatable bonds is 5. The monoisotopic (exact) mass is 322 g/mol. The van der Waals surface area contributed by atoms with Gasteiger partial charge in [0, 0.05) is 25.6 Å². The summed E-state index contributed by atoms with van der Waals surface area (Å²) in [6.07, 6.45) is 2.36. The van der Waals surface area contributed by atoms with Crippen molar-refractivity contribution < 1.29 is 4.79 Å². The lowest BCUT2D eigenvalue weighted by Crippen LogP contribution is -2.45. The van der Waals surface area contributed by atoms with Gasteiger partial charge in [-0.15, -0.1) is 0 Å². The summed E-state index contributed by atoms with van der Waals surface area (Å²) >= 11 is 0.